The molecule has 0 spiro atoms. The Morgan fingerprint density at radius 2 is 1.77 bits per heavy atom. The van der Waals surface area contributed by atoms with E-state index in [2.05, 4.69) is 4.90 Å². The fourth-order valence-corrected chi connectivity index (χ4v) is 5.58. The maximum atomic E-state index is 13.6. The molecule has 3 amide bonds. The fraction of sp³-hybridized carbons (Fsp3) is 0.444. The number of nitrogens with zero attached hydrogens (tertiary/aromatic N) is 3. The van der Waals surface area contributed by atoms with Gasteiger partial charge >= 0.3 is 0 Å². The predicted molar refractivity (Wildman–Crippen MR) is 128 cm³/mol. The predicted octanol–water partition coefficient (Wildman–Crippen LogP) is 3.07. The summed E-state index contributed by atoms with van der Waals surface area (Å²) in [5.74, 6) is -0.890. The molecule has 0 saturated carbocycles. The number of hydrogen-bond acceptors (Lipinski definition) is 5. The number of aliphatic hydroxyl groups excluding tert-OH is 1. The number of benzene rings is 2. The number of aliphatic hydroxyl groups is 1. The SMILES string of the molecule is O=C(C1CCN(c2cccc3c2C(=O)N(Cc2cccc(F)c2)C3=O)CC1)N1CCCC(CO)C1. The minimum absolute atomic E-state index is 0.0186. The van der Waals surface area contributed by atoms with E-state index >= 15 is 0 Å². The average molecular weight is 480 g/mol. The van der Waals surface area contributed by atoms with Crippen molar-refractivity contribution in [1.82, 2.24) is 9.80 Å². The van der Waals surface area contributed by atoms with Crippen molar-refractivity contribution in [2.45, 2.75) is 32.2 Å². The number of piperidine rings is 2. The molecular weight excluding hydrogens is 449 g/mol. The van der Waals surface area contributed by atoms with Crippen molar-refractivity contribution in [2.24, 2.45) is 11.8 Å². The molecule has 3 heterocycles. The third-order valence-electron chi connectivity index (χ3n) is 7.48. The Balaban J connectivity index is 1.28. The molecule has 2 aromatic rings. The number of carbonyl (C=O) groups is 3. The van der Waals surface area contributed by atoms with Crippen LogP contribution in [0.25, 0.3) is 0 Å². The second kappa shape index (κ2) is 9.77. The zero-order valence-electron chi connectivity index (χ0n) is 19.7. The summed E-state index contributed by atoms with van der Waals surface area (Å²) in [6.45, 7) is 2.75. The largest absolute Gasteiger partial charge is 0.396 e. The highest BCUT2D eigenvalue weighted by atomic mass is 19.1. The molecule has 3 aliphatic rings. The van der Waals surface area contributed by atoms with Crippen molar-refractivity contribution in [1.29, 1.82) is 0 Å². The number of anilines is 1. The lowest BCUT2D eigenvalue weighted by atomic mass is 9.92. The summed E-state index contributed by atoms with van der Waals surface area (Å²) < 4.78 is 13.6. The maximum absolute atomic E-state index is 13.6. The number of rotatable bonds is 5. The Labute approximate surface area is 204 Å². The third-order valence-corrected chi connectivity index (χ3v) is 7.48. The molecule has 0 radical (unpaired) electrons. The Morgan fingerprint density at radius 3 is 2.51 bits per heavy atom. The molecule has 184 valence electrons. The Morgan fingerprint density at radius 1 is 1.00 bits per heavy atom. The van der Waals surface area contributed by atoms with E-state index in [9.17, 15) is 23.9 Å². The number of carbonyl (C=O) groups excluding carboxylic acids is 3. The van der Waals surface area contributed by atoms with Gasteiger partial charge in [0.1, 0.15) is 5.82 Å². The second-order valence-electron chi connectivity index (χ2n) is 9.76. The first kappa shape index (κ1) is 23.5. The van der Waals surface area contributed by atoms with Crippen molar-refractivity contribution >= 4 is 23.4 Å². The number of likely N-dealkylation sites (tertiary alicyclic amines) is 1. The fourth-order valence-electron chi connectivity index (χ4n) is 5.58. The molecule has 0 bridgehead atoms. The van der Waals surface area contributed by atoms with Crippen LogP contribution in [0.4, 0.5) is 10.1 Å². The molecule has 1 N–H and O–H groups in total. The molecule has 1 unspecified atom stereocenters. The van der Waals surface area contributed by atoms with E-state index in [4.69, 9.17) is 0 Å². The highest BCUT2D eigenvalue weighted by Gasteiger charge is 2.39. The van der Waals surface area contributed by atoms with E-state index in [1.807, 2.05) is 11.0 Å². The molecular formula is C27H30FN3O4. The van der Waals surface area contributed by atoms with E-state index < -0.39 is 5.82 Å². The molecule has 35 heavy (non-hydrogen) atoms. The van der Waals surface area contributed by atoms with Gasteiger partial charge in [-0.2, -0.15) is 0 Å². The Bertz CT molecular complexity index is 1140. The highest BCUT2D eigenvalue weighted by Crippen LogP contribution is 2.35. The topological polar surface area (TPSA) is 81.2 Å². The van der Waals surface area contributed by atoms with Gasteiger partial charge in [0.2, 0.25) is 5.91 Å². The van der Waals surface area contributed by atoms with E-state index in [1.165, 1.54) is 17.0 Å². The van der Waals surface area contributed by atoms with Gasteiger partial charge in [0.15, 0.2) is 0 Å². The second-order valence-corrected chi connectivity index (χ2v) is 9.76. The van der Waals surface area contributed by atoms with Crippen molar-refractivity contribution in [3.63, 3.8) is 0 Å². The van der Waals surface area contributed by atoms with Gasteiger partial charge in [-0.05, 0) is 61.4 Å². The average Bonchev–Trinajstić information content (AvgIpc) is 3.13. The standard InChI is InChI=1S/C27H30FN3O4/c28-21-6-1-4-18(14-21)16-31-26(34)22-7-2-8-23(24(22)27(31)35)29-12-9-20(10-13-29)25(33)30-11-3-5-19(15-30)17-32/h1-2,4,6-8,14,19-20,32H,3,5,9-13,15-17H2. The number of amides is 3. The van der Waals surface area contributed by atoms with E-state index in [1.54, 1.807) is 24.3 Å². The van der Waals surface area contributed by atoms with Crippen molar-refractivity contribution in [3.8, 4) is 0 Å². The van der Waals surface area contributed by atoms with Crippen LogP contribution in [0, 0.1) is 17.7 Å². The van der Waals surface area contributed by atoms with Crippen molar-refractivity contribution in [3.05, 3.63) is 65.0 Å². The van der Waals surface area contributed by atoms with Gasteiger partial charge in [-0.1, -0.05) is 18.2 Å². The molecule has 2 saturated heterocycles. The van der Waals surface area contributed by atoms with E-state index in [0.717, 1.165) is 19.4 Å². The normalized spacial score (nSPS) is 21.0. The van der Waals surface area contributed by atoms with Crippen LogP contribution < -0.4 is 4.90 Å². The molecule has 3 aliphatic heterocycles. The summed E-state index contributed by atoms with van der Waals surface area (Å²) in [7, 11) is 0. The zero-order chi connectivity index (χ0) is 24.5. The van der Waals surface area contributed by atoms with Crippen molar-refractivity contribution < 1.29 is 23.9 Å². The summed E-state index contributed by atoms with van der Waals surface area (Å²) in [6.07, 6.45) is 3.24. The van der Waals surface area contributed by atoms with Crippen molar-refractivity contribution in [2.75, 3.05) is 37.7 Å². The minimum atomic E-state index is -0.409. The molecule has 2 fully saturated rings. The smallest absolute Gasteiger partial charge is 0.263 e. The molecule has 0 aliphatic carbocycles. The molecule has 0 aromatic heterocycles. The van der Waals surface area contributed by atoms with E-state index in [-0.39, 0.29) is 42.7 Å². The van der Waals surface area contributed by atoms with Crippen LogP contribution in [-0.2, 0) is 11.3 Å². The van der Waals surface area contributed by atoms with Gasteiger partial charge in [-0.15, -0.1) is 0 Å². The van der Waals surface area contributed by atoms with Gasteiger partial charge in [-0.25, -0.2) is 4.39 Å². The number of fused-ring (bicyclic) bond motifs is 1. The maximum Gasteiger partial charge on any atom is 0.263 e. The summed E-state index contributed by atoms with van der Waals surface area (Å²) in [4.78, 5) is 44.6. The molecule has 8 heteroatoms. The highest BCUT2D eigenvalue weighted by molar-refractivity contribution is 6.23. The zero-order valence-corrected chi connectivity index (χ0v) is 19.7. The number of imide groups is 1. The Kier molecular flexibility index (Phi) is 6.56. The van der Waals surface area contributed by atoms with Gasteiger partial charge in [0, 0.05) is 38.7 Å². The minimum Gasteiger partial charge on any atom is -0.396 e. The van der Waals surface area contributed by atoms with Crippen LogP contribution in [-0.4, -0.2) is 65.4 Å². The number of hydrogen-bond donors (Lipinski definition) is 1. The van der Waals surface area contributed by atoms with Gasteiger partial charge in [0.25, 0.3) is 11.8 Å². The third kappa shape index (κ3) is 4.55. The van der Waals surface area contributed by atoms with Gasteiger partial charge in [0.05, 0.1) is 23.4 Å². The van der Waals surface area contributed by atoms with Crippen LogP contribution in [0.5, 0.6) is 0 Å². The van der Waals surface area contributed by atoms with Crippen LogP contribution in [0.2, 0.25) is 0 Å². The number of halogens is 1. The first-order valence-corrected chi connectivity index (χ1v) is 12.3. The first-order chi connectivity index (χ1) is 17.0. The van der Waals surface area contributed by atoms with Crippen LogP contribution in [0.15, 0.2) is 42.5 Å². The van der Waals surface area contributed by atoms with E-state index in [0.29, 0.717) is 54.9 Å². The lowest BCUT2D eigenvalue weighted by Crippen LogP contribution is -2.47. The van der Waals surface area contributed by atoms with Gasteiger partial charge < -0.3 is 14.9 Å². The van der Waals surface area contributed by atoms with Crippen LogP contribution in [0.3, 0.4) is 0 Å². The lowest BCUT2D eigenvalue weighted by Gasteiger charge is -2.38. The first-order valence-electron chi connectivity index (χ1n) is 12.3. The molecule has 7 nitrogen and oxygen atoms in total. The molecule has 5 rings (SSSR count). The summed E-state index contributed by atoms with van der Waals surface area (Å²) in [5, 5.41) is 9.48. The molecule has 2 aromatic carbocycles. The lowest BCUT2D eigenvalue weighted by molar-refractivity contribution is -0.138. The summed E-state index contributed by atoms with van der Waals surface area (Å²) in [5.41, 5.74) is 2.03. The summed E-state index contributed by atoms with van der Waals surface area (Å²) in [6, 6.07) is 11.2. The van der Waals surface area contributed by atoms with Gasteiger partial charge in [-0.3, -0.25) is 19.3 Å². The molecule has 1 atom stereocenters. The van der Waals surface area contributed by atoms with Crippen LogP contribution in [0.1, 0.15) is 52.0 Å². The summed E-state index contributed by atoms with van der Waals surface area (Å²) >= 11 is 0. The Hall–Kier alpha value is -3.26. The van der Waals surface area contributed by atoms with Crippen LogP contribution >= 0.6 is 0 Å². The quantitative estimate of drug-likeness (QED) is 0.667. The monoisotopic (exact) mass is 479 g/mol.